The molecule has 80 valence electrons. The number of amides is 2. The van der Waals surface area contributed by atoms with Crippen LogP contribution in [0.3, 0.4) is 0 Å². The summed E-state index contributed by atoms with van der Waals surface area (Å²) in [5.74, 6) is -2.53. The molecule has 8 nitrogen and oxygen atoms in total. The molecule has 8 heteroatoms. The first-order chi connectivity index (χ1) is 6.47. The van der Waals surface area contributed by atoms with Crippen LogP contribution in [0.4, 0.5) is 4.79 Å². The smallest absolute Gasteiger partial charge is 0.339 e. The topological polar surface area (TPSA) is 136 Å². The lowest BCUT2D eigenvalue weighted by Crippen LogP contribution is -2.45. The summed E-state index contributed by atoms with van der Waals surface area (Å²) >= 11 is 0. The summed E-state index contributed by atoms with van der Waals surface area (Å²) in [7, 11) is 0. The molecule has 0 aromatic heterocycles. The Hall–Kier alpha value is -1.83. The van der Waals surface area contributed by atoms with Crippen LogP contribution in [-0.4, -0.2) is 39.4 Å². The van der Waals surface area contributed by atoms with Crippen molar-refractivity contribution in [1.29, 1.82) is 0 Å². The van der Waals surface area contributed by atoms with Crippen molar-refractivity contribution >= 4 is 18.0 Å². The lowest BCUT2D eigenvalue weighted by Gasteiger charge is -2.11. The maximum atomic E-state index is 10.5. The van der Waals surface area contributed by atoms with E-state index >= 15 is 0 Å². The van der Waals surface area contributed by atoms with Crippen LogP contribution in [0.2, 0.25) is 0 Å². The number of urea groups is 1. The predicted molar refractivity (Wildman–Crippen MR) is 41.7 cm³/mol. The quantitative estimate of drug-likeness (QED) is 0.289. The number of carbonyl (C=O) groups excluding carboxylic acids is 1. The molecule has 0 aliphatic rings. The number of nitrogens with one attached hydrogen (secondary N) is 2. The molecule has 0 radical (unpaired) electrons. The number of hydrogen-bond donors (Lipinski definition) is 5. The van der Waals surface area contributed by atoms with Gasteiger partial charge in [-0.1, -0.05) is 0 Å². The minimum absolute atomic E-state index is 0.252. The van der Waals surface area contributed by atoms with Crippen molar-refractivity contribution in [1.82, 2.24) is 10.8 Å². The zero-order valence-corrected chi connectivity index (χ0v) is 7.06. The van der Waals surface area contributed by atoms with E-state index in [1.54, 1.807) is 0 Å². The van der Waals surface area contributed by atoms with Crippen LogP contribution in [0, 0.1) is 0 Å². The van der Waals surface area contributed by atoms with E-state index in [1.165, 1.54) is 5.48 Å². The van der Waals surface area contributed by atoms with E-state index in [9.17, 15) is 14.4 Å². The van der Waals surface area contributed by atoms with Crippen LogP contribution >= 0.6 is 0 Å². The third-order valence-corrected chi connectivity index (χ3v) is 1.35. The van der Waals surface area contributed by atoms with E-state index in [0.717, 1.165) is 0 Å². The molecule has 0 unspecified atom stereocenters. The van der Waals surface area contributed by atoms with Gasteiger partial charge >= 0.3 is 18.0 Å². The first kappa shape index (κ1) is 12.2. The highest BCUT2D eigenvalue weighted by atomic mass is 16.5. The molecule has 0 aliphatic carbocycles. The number of rotatable bonds is 5. The van der Waals surface area contributed by atoms with E-state index in [0.29, 0.717) is 0 Å². The van der Waals surface area contributed by atoms with Gasteiger partial charge in [0.25, 0.3) is 0 Å². The van der Waals surface area contributed by atoms with Crippen molar-refractivity contribution in [2.45, 2.75) is 18.9 Å². The Bertz CT molecular complexity index is 240. The lowest BCUT2D eigenvalue weighted by molar-refractivity contribution is -0.140. The van der Waals surface area contributed by atoms with E-state index < -0.39 is 24.0 Å². The molecule has 0 spiro atoms. The Morgan fingerprint density at radius 1 is 1.21 bits per heavy atom. The number of carboxylic acids is 2. The summed E-state index contributed by atoms with van der Waals surface area (Å²) < 4.78 is 0. The van der Waals surface area contributed by atoms with E-state index in [1.807, 2.05) is 5.32 Å². The van der Waals surface area contributed by atoms with Gasteiger partial charge < -0.3 is 15.5 Å². The van der Waals surface area contributed by atoms with Crippen LogP contribution in [0.1, 0.15) is 12.8 Å². The molecular formula is C6H10N2O6. The molecule has 0 bridgehead atoms. The third-order valence-electron chi connectivity index (χ3n) is 1.35. The summed E-state index contributed by atoms with van der Waals surface area (Å²) in [6.45, 7) is 0. The van der Waals surface area contributed by atoms with Gasteiger partial charge in [-0.05, 0) is 6.42 Å². The van der Waals surface area contributed by atoms with Crippen molar-refractivity contribution in [3.63, 3.8) is 0 Å². The summed E-state index contributed by atoms with van der Waals surface area (Å²) in [6.07, 6.45) is -0.638. The molecule has 14 heavy (non-hydrogen) atoms. The summed E-state index contributed by atoms with van der Waals surface area (Å²) in [5, 5.41) is 26.7. The molecule has 1 atom stereocenters. The highest BCUT2D eigenvalue weighted by molar-refractivity contribution is 5.82. The Kier molecular flexibility index (Phi) is 5.00. The minimum Gasteiger partial charge on any atom is -0.481 e. The van der Waals surface area contributed by atoms with Crippen molar-refractivity contribution < 1.29 is 29.8 Å². The Morgan fingerprint density at radius 3 is 2.14 bits per heavy atom. The molecule has 0 rings (SSSR count). The van der Waals surface area contributed by atoms with Gasteiger partial charge in [0.05, 0.1) is 0 Å². The number of hydroxylamine groups is 1. The molecule has 0 aromatic rings. The molecule has 5 N–H and O–H groups in total. The normalized spacial score (nSPS) is 11.5. The fraction of sp³-hybridized carbons (Fsp3) is 0.500. The van der Waals surface area contributed by atoms with Crippen molar-refractivity contribution in [2.75, 3.05) is 0 Å². The van der Waals surface area contributed by atoms with Gasteiger partial charge in [0.1, 0.15) is 6.04 Å². The predicted octanol–water partition coefficient (Wildman–Crippen LogP) is -1.01. The molecule has 0 saturated heterocycles. The monoisotopic (exact) mass is 206 g/mol. The van der Waals surface area contributed by atoms with Gasteiger partial charge in [0.15, 0.2) is 0 Å². The molecule has 2 amide bonds. The summed E-state index contributed by atoms with van der Waals surface area (Å²) in [4.78, 5) is 31.0. The molecular weight excluding hydrogens is 196 g/mol. The zero-order valence-electron chi connectivity index (χ0n) is 7.06. The second-order valence-corrected chi connectivity index (χ2v) is 2.41. The second-order valence-electron chi connectivity index (χ2n) is 2.41. The molecule has 0 aliphatic heterocycles. The van der Waals surface area contributed by atoms with Gasteiger partial charge in [-0.2, -0.15) is 0 Å². The van der Waals surface area contributed by atoms with Crippen molar-refractivity contribution in [3.8, 4) is 0 Å². The lowest BCUT2D eigenvalue weighted by atomic mass is 10.1. The fourth-order valence-corrected chi connectivity index (χ4v) is 0.716. The maximum Gasteiger partial charge on any atom is 0.339 e. The van der Waals surface area contributed by atoms with E-state index in [-0.39, 0.29) is 12.8 Å². The van der Waals surface area contributed by atoms with Gasteiger partial charge in [-0.3, -0.25) is 10.0 Å². The van der Waals surface area contributed by atoms with Crippen LogP contribution in [-0.2, 0) is 9.59 Å². The van der Waals surface area contributed by atoms with E-state index in [4.69, 9.17) is 15.4 Å². The second kappa shape index (κ2) is 5.75. The summed E-state index contributed by atoms with van der Waals surface area (Å²) in [6, 6.07) is -2.43. The Labute approximate surface area is 78.5 Å². The van der Waals surface area contributed by atoms with Gasteiger partial charge in [-0.25, -0.2) is 15.1 Å². The SMILES string of the molecule is O=C(O)CC[C@@H](NC(=O)NO)C(=O)O. The van der Waals surface area contributed by atoms with Gasteiger partial charge in [-0.15, -0.1) is 0 Å². The fourth-order valence-electron chi connectivity index (χ4n) is 0.716. The highest BCUT2D eigenvalue weighted by Crippen LogP contribution is 1.97. The Morgan fingerprint density at radius 2 is 1.79 bits per heavy atom. The number of aliphatic carboxylic acids is 2. The Balaban J connectivity index is 4.09. The van der Waals surface area contributed by atoms with E-state index in [2.05, 4.69) is 0 Å². The molecule has 0 fully saturated rings. The van der Waals surface area contributed by atoms with Crippen LogP contribution in [0.5, 0.6) is 0 Å². The number of carboxylic acid groups (broad SMARTS) is 2. The maximum absolute atomic E-state index is 10.5. The highest BCUT2D eigenvalue weighted by Gasteiger charge is 2.20. The first-order valence-electron chi connectivity index (χ1n) is 3.62. The first-order valence-corrected chi connectivity index (χ1v) is 3.62. The van der Waals surface area contributed by atoms with Crippen molar-refractivity contribution in [2.24, 2.45) is 0 Å². The van der Waals surface area contributed by atoms with Crippen LogP contribution in [0.25, 0.3) is 0 Å². The molecule has 0 saturated carbocycles. The van der Waals surface area contributed by atoms with Crippen molar-refractivity contribution in [3.05, 3.63) is 0 Å². The standard InChI is InChI=1S/C6H10N2O6/c9-4(10)2-1-3(5(11)12)7-6(13)8-14/h3,14H,1-2H2,(H,9,10)(H,11,12)(H2,7,8,13)/t3-/m1/s1. The number of carbonyl (C=O) groups is 3. The minimum atomic E-state index is -1.37. The third kappa shape index (κ3) is 4.93. The van der Waals surface area contributed by atoms with Crippen LogP contribution in [0.15, 0.2) is 0 Å². The van der Waals surface area contributed by atoms with Gasteiger partial charge in [0.2, 0.25) is 0 Å². The summed E-state index contributed by atoms with van der Waals surface area (Å²) in [5.41, 5.74) is 1.18. The average molecular weight is 206 g/mol. The van der Waals surface area contributed by atoms with Crippen LogP contribution < -0.4 is 10.8 Å². The largest absolute Gasteiger partial charge is 0.481 e. The molecule has 0 heterocycles. The van der Waals surface area contributed by atoms with Gasteiger partial charge in [0, 0.05) is 6.42 Å². The zero-order chi connectivity index (χ0) is 11.1. The average Bonchev–Trinajstić information content (AvgIpc) is 2.10. The number of hydrogen-bond acceptors (Lipinski definition) is 4. The molecule has 0 aromatic carbocycles.